The van der Waals surface area contributed by atoms with E-state index >= 15 is 0 Å². The van der Waals surface area contributed by atoms with Crippen LogP contribution < -0.4 is 0 Å². The van der Waals surface area contributed by atoms with Crippen LogP contribution in [-0.2, 0) is 5.41 Å². The molecule has 0 atom stereocenters. The topological polar surface area (TPSA) is 0 Å². The van der Waals surface area contributed by atoms with E-state index in [4.69, 9.17) is 11.6 Å². The Morgan fingerprint density at radius 1 is 0.900 bits per heavy atom. The quantitative estimate of drug-likeness (QED) is 0.625. The summed E-state index contributed by atoms with van der Waals surface area (Å²) in [5.74, 6) is 0. The van der Waals surface area contributed by atoms with Crippen molar-refractivity contribution in [2.24, 2.45) is 0 Å². The van der Waals surface area contributed by atoms with Crippen molar-refractivity contribution in [1.82, 2.24) is 0 Å². The summed E-state index contributed by atoms with van der Waals surface area (Å²) in [6.07, 6.45) is 5.71. The van der Waals surface area contributed by atoms with Gasteiger partial charge in [-0.05, 0) is 41.2 Å². The SMILES string of the molecule is C=CCC1(CC=C)c2ccccc2-c2cccc(Cl)c21. The summed E-state index contributed by atoms with van der Waals surface area (Å²) in [6, 6.07) is 14.7. The zero-order valence-corrected chi connectivity index (χ0v) is 12.2. The van der Waals surface area contributed by atoms with E-state index < -0.39 is 0 Å². The monoisotopic (exact) mass is 280 g/mol. The Hall–Kier alpha value is -1.79. The third kappa shape index (κ3) is 1.68. The molecule has 0 spiro atoms. The lowest BCUT2D eigenvalue weighted by Crippen LogP contribution is -2.24. The molecule has 0 bridgehead atoms. The molecule has 1 aliphatic carbocycles. The van der Waals surface area contributed by atoms with Gasteiger partial charge < -0.3 is 0 Å². The van der Waals surface area contributed by atoms with E-state index in [9.17, 15) is 0 Å². The van der Waals surface area contributed by atoms with Gasteiger partial charge in [-0.1, -0.05) is 60.2 Å². The molecular formula is C19H17Cl. The molecule has 100 valence electrons. The average molecular weight is 281 g/mol. The van der Waals surface area contributed by atoms with Crippen molar-refractivity contribution in [3.05, 3.63) is 83.9 Å². The smallest absolute Gasteiger partial charge is 0.0453 e. The maximum absolute atomic E-state index is 6.55. The zero-order valence-electron chi connectivity index (χ0n) is 11.4. The van der Waals surface area contributed by atoms with Crippen LogP contribution in [0.25, 0.3) is 11.1 Å². The summed E-state index contributed by atoms with van der Waals surface area (Å²) in [5.41, 5.74) is 4.98. The third-order valence-corrected chi connectivity index (χ3v) is 4.53. The highest BCUT2D eigenvalue weighted by molar-refractivity contribution is 6.32. The molecule has 1 heteroatoms. The van der Waals surface area contributed by atoms with Crippen LogP contribution in [0.3, 0.4) is 0 Å². The lowest BCUT2D eigenvalue weighted by Gasteiger charge is -2.30. The molecular weight excluding hydrogens is 264 g/mol. The Bertz CT molecular complexity index is 672. The Morgan fingerprint density at radius 3 is 2.25 bits per heavy atom. The minimum atomic E-state index is -0.117. The fraction of sp³-hybridized carbons (Fsp3) is 0.158. The van der Waals surface area contributed by atoms with Crippen molar-refractivity contribution < 1.29 is 0 Å². The van der Waals surface area contributed by atoms with E-state index in [-0.39, 0.29) is 5.41 Å². The molecule has 0 heterocycles. The first kappa shape index (κ1) is 13.2. The molecule has 0 amide bonds. The van der Waals surface area contributed by atoms with Gasteiger partial charge in [-0.25, -0.2) is 0 Å². The molecule has 0 fully saturated rings. The third-order valence-electron chi connectivity index (χ3n) is 4.21. The Labute approximate surface area is 125 Å². The normalized spacial score (nSPS) is 14.4. The van der Waals surface area contributed by atoms with Gasteiger partial charge in [-0.2, -0.15) is 0 Å². The van der Waals surface area contributed by atoms with E-state index in [0.717, 1.165) is 17.9 Å². The van der Waals surface area contributed by atoms with Crippen LogP contribution in [0.4, 0.5) is 0 Å². The summed E-state index contributed by atoms with van der Waals surface area (Å²) >= 11 is 6.55. The first-order valence-corrected chi connectivity index (χ1v) is 7.23. The predicted octanol–water partition coefficient (Wildman–Crippen LogP) is 5.76. The fourth-order valence-electron chi connectivity index (χ4n) is 3.51. The highest BCUT2D eigenvalue weighted by Crippen LogP contribution is 2.55. The first-order chi connectivity index (χ1) is 9.74. The fourth-order valence-corrected chi connectivity index (χ4v) is 3.86. The van der Waals surface area contributed by atoms with Gasteiger partial charge in [0.25, 0.3) is 0 Å². The van der Waals surface area contributed by atoms with Gasteiger partial charge in [0.1, 0.15) is 0 Å². The molecule has 1 aliphatic rings. The molecule has 2 aromatic carbocycles. The first-order valence-electron chi connectivity index (χ1n) is 6.85. The summed E-state index contributed by atoms with van der Waals surface area (Å²) in [4.78, 5) is 0. The Balaban J connectivity index is 2.39. The number of halogens is 1. The standard InChI is InChI=1S/C19H17Cl/c1-3-12-19(13-4-2)16-10-6-5-8-14(16)15-9-7-11-17(20)18(15)19/h3-11H,1-2,12-13H2. The second-order valence-corrected chi connectivity index (χ2v) is 5.68. The van der Waals surface area contributed by atoms with Crippen molar-refractivity contribution in [3.8, 4) is 11.1 Å². The van der Waals surface area contributed by atoms with E-state index in [0.29, 0.717) is 0 Å². The molecule has 3 rings (SSSR count). The van der Waals surface area contributed by atoms with Crippen molar-refractivity contribution in [2.45, 2.75) is 18.3 Å². The van der Waals surface area contributed by atoms with Crippen molar-refractivity contribution >= 4 is 11.6 Å². The molecule has 0 aromatic heterocycles. The molecule has 0 radical (unpaired) electrons. The van der Waals surface area contributed by atoms with E-state index in [1.165, 1.54) is 22.3 Å². The summed E-state index contributed by atoms with van der Waals surface area (Å²) in [5, 5.41) is 0.836. The van der Waals surface area contributed by atoms with Crippen LogP contribution in [0.15, 0.2) is 67.8 Å². The highest BCUT2D eigenvalue weighted by Gasteiger charge is 2.42. The molecule has 2 aromatic rings. The largest absolute Gasteiger partial charge is 0.103 e. The van der Waals surface area contributed by atoms with Crippen LogP contribution in [0, 0.1) is 0 Å². The lowest BCUT2D eigenvalue weighted by molar-refractivity contribution is 0.543. The van der Waals surface area contributed by atoms with Crippen LogP contribution in [0.2, 0.25) is 5.02 Å². The van der Waals surface area contributed by atoms with Gasteiger partial charge in [-0.15, -0.1) is 13.2 Å². The van der Waals surface area contributed by atoms with Gasteiger partial charge in [0.2, 0.25) is 0 Å². The van der Waals surface area contributed by atoms with Gasteiger partial charge in [-0.3, -0.25) is 0 Å². The van der Waals surface area contributed by atoms with Crippen LogP contribution in [0.1, 0.15) is 24.0 Å². The maximum Gasteiger partial charge on any atom is 0.0453 e. The van der Waals surface area contributed by atoms with Gasteiger partial charge in [0, 0.05) is 10.4 Å². The number of allylic oxidation sites excluding steroid dienone is 2. The molecule has 0 aliphatic heterocycles. The van der Waals surface area contributed by atoms with Crippen LogP contribution >= 0.6 is 11.6 Å². The number of hydrogen-bond acceptors (Lipinski definition) is 0. The molecule has 0 N–H and O–H groups in total. The predicted molar refractivity (Wildman–Crippen MR) is 87.3 cm³/mol. The minimum absolute atomic E-state index is 0.117. The summed E-state index contributed by atoms with van der Waals surface area (Å²) in [7, 11) is 0. The minimum Gasteiger partial charge on any atom is -0.103 e. The second-order valence-electron chi connectivity index (χ2n) is 5.28. The molecule has 0 unspecified atom stereocenters. The molecule has 0 saturated carbocycles. The van der Waals surface area contributed by atoms with Crippen molar-refractivity contribution in [2.75, 3.05) is 0 Å². The molecule has 20 heavy (non-hydrogen) atoms. The van der Waals surface area contributed by atoms with E-state index in [1.807, 2.05) is 24.3 Å². The number of hydrogen-bond donors (Lipinski definition) is 0. The van der Waals surface area contributed by atoms with E-state index in [1.54, 1.807) is 0 Å². The van der Waals surface area contributed by atoms with Crippen molar-refractivity contribution in [1.29, 1.82) is 0 Å². The maximum atomic E-state index is 6.55. The van der Waals surface area contributed by atoms with E-state index in [2.05, 4.69) is 43.5 Å². The van der Waals surface area contributed by atoms with Crippen LogP contribution in [-0.4, -0.2) is 0 Å². The van der Waals surface area contributed by atoms with Crippen LogP contribution in [0.5, 0.6) is 0 Å². The number of benzene rings is 2. The van der Waals surface area contributed by atoms with Crippen molar-refractivity contribution in [3.63, 3.8) is 0 Å². The van der Waals surface area contributed by atoms with Gasteiger partial charge >= 0.3 is 0 Å². The second kappa shape index (κ2) is 4.96. The van der Waals surface area contributed by atoms with Gasteiger partial charge in [0.15, 0.2) is 0 Å². The number of fused-ring (bicyclic) bond motifs is 3. The Morgan fingerprint density at radius 2 is 1.55 bits per heavy atom. The summed E-state index contributed by atoms with van der Waals surface area (Å²) in [6.45, 7) is 7.90. The van der Waals surface area contributed by atoms with Gasteiger partial charge in [0.05, 0.1) is 0 Å². The zero-order chi connectivity index (χ0) is 14.2. The Kier molecular flexibility index (Phi) is 3.27. The highest BCUT2D eigenvalue weighted by atomic mass is 35.5. The molecule has 0 saturated heterocycles. The molecule has 0 nitrogen and oxygen atoms in total. The average Bonchev–Trinajstić information content (AvgIpc) is 2.73. The number of rotatable bonds is 4. The lowest BCUT2D eigenvalue weighted by atomic mass is 9.73. The summed E-state index contributed by atoms with van der Waals surface area (Å²) < 4.78 is 0.